The molecule has 0 saturated carbocycles. The summed E-state index contributed by atoms with van der Waals surface area (Å²) in [5.74, 6) is -4.12. The monoisotopic (exact) mass is 506 g/mol. The number of hydrogen-bond acceptors (Lipinski definition) is 5. The van der Waals surface area contributed by atoms with Crippen molar-refractivity contribution in [3.8, 4) is 16.9 Å². The summed E-state index contributed by atoms with van der Waals surface area (Å²) in [4.78, 5) is 45.6. The summed E-state index contributed by atoms with van der Waals surface area (Å²) >= 11 is 0.611. The lowest BCUT2D eigenvalue weighted by molar-refractivity contribution is -0.125. The lowest BCUT2D eigenvalue weighted by atomic mass is 10.0. The second kappa shape index (κ2) is 11.9. The summed E-state index contributed by atoms with van der Waals surface area (Å²) < 4.78 is 27.4. The molecule has 0 aliphatic rings. The molecule has 13 heteroatoms. The largest absolute Gasteiger partial charge is 0.507 e. The van der Waals surface area contributed by atoms with Crippen LogP contribution in [0.2, 0.25) is 0 Å². The predicted molar refractivity (Wildman–Crippen MR) is 130 cm³/mol. The normalized spacial score (nSPS) is 12.7. The predicted octanol–water partition coefficient (Wildman–Crippen LogP) is 1.43. The molecule has 0 aromatic heterocycles. The number of amides is 2. The highest BCUT2D eigenvalue weighted by atomic mass is 32.2. The number of benzene rings is 2. The number of nitrogens with two attached hydrogens (primary N) is 2. The van der Waals surface area contributed by atoms with E-state index in [4.69, 9.17) is 11.5 Å². The van der Waals surface area contributed by atoms with E-state index < -0.39 is 40.6 Å². The fourth-order valence-electron chi connectivity index (χ4n) is 2.68. The molecule has 10 nitrogen and oxygen atoms in total. The molecule has 0 radical (unpaired) electrons. The van der Waals surface area contributed by atoms with Crippen molar-refractivity contribution in [1.82, 2.24) is 10.2 Å². The number of rotatable bonds is 6. The van der Waals surface area contributed by atoms with Crippen molar-refractivity contribution in [3.63, 3.8) is 0 Å². The van der Waals surface area contributed by atoms with E-state index in [9.17, 15) is 28.3 Å². The molecule has 2 aromatic rings. The first-order valence-electron chi connectivity index (χ1n) is 10.0. The van der Waals surface area contributed by atoms with E-state index in [-0.39, 0.29) is 34.2 Å². The van der Waals surface area contributed by atoms with Gasteiger partial charge in [-0.05, 0) is 29.8 Å². The molecule has 2 rings (SSSR count). The van der Waals surface area contributed by atoms with Crippen LogP contribution in [0.1, 0.15) is 17.3 Å². The summed E-state index contributed by atoms with van der Waals surface area (Å²) in [6, 6.07) is 5.53. The summed E-state index contributed by atoms with van der Waals surface area (Å²) in [6.07, 6.45) is 0. The number of nitrogens with one attached hydrogen (secondary N) is 1. The minimum absolute atomic E-state index is 0.00683. The average Bonchev–Trinajstić information content (AvgIpc) is 2.76. The van der Waals surface area contributed by atoms with Gasteiger partial charge in [0.2, 0.25) is 17.0 Å². The van der Waals surface area contributed by atoms with Crippen LogP contribution in [0.5, 0.6) is 5.75 Å². The zero-order valence-electron chi connectivity index (χ0n) is 19.1. The number of carbonyl (C=O) groups excluding carboxylic acids is 3. The van der Waals surface area contributed by atoms with Crippen molar-refractivity contribution < 1.29 is 28.3 Å². The topological polar surface area (TPSA) is 163 Å². The first-order valence-corrected chi connectivity index (χ1v) is 11.0. The number of guanidine groups is 2. The van der Waals surface area contributed by atoms with Crippen LogP contribution in [0.25, 0.3) is 11.1 Å². The van der Waals surface area contributed by atoms with Crippen LogP contribution >= 0.6 is 11.8 Å². The quantitative estimate of drug-likeness (QED) is 0.338. The lowest BCUT2D eigenvalue weighted by Gasteiger charge is -2.14. The van der Waals surface area contributed by atoms with Gasteiger partial charge in [0.05, 0.1) is 5.56 Å². The molecule has 0 fully saturated rings. The van der Waals surface area contributed by atoms with Gasteiger partial charge in [0, 0.05) is 38.4 Å². The van der Waals surface area contributed by atoms with Crippen molar-refractivity contribution in [2.45, 2.75) is 13.0 Å². The van der Waals surface area contributed by atoms with Crippen LogP contribution in [0.15, 0.2) is 46.4 Å². The van der Waals surface area contributed by atoms with Crippen LogP contribution in [0.3, 0.4) is 0 Å². The maximum atomic E-state index is 14.1. The Labute approximate surface area is 204 Å². The van der Waals surface area contributed by atoms with Crippen LogP contribution in [-0.4, -0.2) is 64.7 Å². The number of phenolic OH excluding ortho intramolecular Hbond substituents is 1. The Hall–Kier alpha value is -4.00. The van der Waals surface area contributed by atoms with Crippen molar-refractivity contribution in [1.29, 1.82) is 0 Å². The molecule has 0 bridgehead atoms. The van der Waals surface area contributed by atoms with E-state index in [0.29, 0.717) is 17.8 Å². The van der Waals surface area contributed by atoms with Crippen molar-refractivity contribution in [2.75, 3.05) is 19.8 Å². The van der Waals surface area contributed by atoms with Gasteiger partial charge in [-0.3, -0.25) is 14.4 Å². The molecule has 2 aromatic carbocycles. The summed E-state index contributed by atoms with van der Waals surface area (Å²) in [6.45, 7) is 1.18. The molecule has 0 spiro atoms. The van der Waals surface area contributed by atoms with E-state index in [1.54, 1.807) is 14.1 Å². The molecule has 0 aliphatic heterocycles. The van der Waals surface area contributed by atoms with E-state index in [1.165, 1.54) is 36.1 Å². The van der Waals surface area contributed by atoms with Gasteiger partial charge in [0.1, 0.15) is 23.4 Å². The molecule has 1 unspecified atom stereocenters. The minimum atomic E-state index is -1.24. The lowest BCUT2D eigenvalue weighted by Crippen LogP contribution is -2.42. The maximum absolute atomic E-state index is 14.1. The number of hydrogen-bond donors (Lipinski definition) is 4. The molecule has 2 amide bonds. The van der Waals surface area contributed by atoms with Gasteiger partial charge in [-0.25, -0.2) is 8.78 Å². The fraction of sp³-hybridized carbons (Fsp3) is 0.227. The summed E-state index contributed by atoms with van der Waals surface area (Å²) in [5, 5.41) is 11.8. The molecule has 0 saturated heterocycles. The molecule has 35 heavy (non-hydrogen) atoms. The van der Waals surface area contributed by atoms with Gasteiger partial charge in [-0.2, -0.15) is 9.98 Å². The highest BCUT2D eigenvalue weighted by Crippen LogP contribution is 2.30. The molecular formula is C22H24F2N6O4S. The zero-order valence-corrected chi connectivity index (χ0v) is 19.9. The first-order chi connectivity index (χ1) is 16.4. The Morgan fingerprint density at radius 1 is 1.11 bits per heavy atom. The Bertz CT molecular complexity index is 1200. The second-order valence-corrected chi connectivity index (χ2v) is 8.37. The number of thioether (sulfide) groups is 1. The summed E-state index contributed by atoms with van der Waals surface area (Å²) in [7, 11) is 3.20. The Balaban J connectivity index is 2.23. The molecule has 0 heterocycles. The average molecular weight is 507 g/mol. The zero-order chi connectivity index (χ0) is 26.3. The Morgan fingerprint density at radius 2 is 1.80 bits per heavy atom. The molecule has 0 aliphatic carbocycles. The standard InChI is InChI=1S/C22H24F2N6O4S/c1-11(31)27-17(19(33)28-21(25)29-22(26)30(2)3)10-35-20(34)15-8-12(4-7-18(15)32)14-6-5-13(23)9-16(14)24/h4-9,17,32H,10H2,1-3H3,(H,27,31)(H4,25,26,28,29,33). The number of aliphatic imine (C=N–C) groups is 2. The Kier molecular flexibility index (Phi) is 9.28. The third-order valence-corrected chi connectivity index (χ3v) is 5.41. The number of carbonyl (C=O) groups is 3. The number of halogens is 2. The smallest absolute Gasteiger partial charge is 0.272 e. The van der Waals surface area contributed by atoms with E-state index >= 15 is 0 Å². The van der Waals surface area contributed by atoms with Gasteiger partial charge in [-0.15, -0.1) is 0 Å². The fourth-order valence-corrected chi connectivity index (χ4v) is 3.54. The molecule has 186 valence electrons. The number of phenols is 1. The van der Waals surface area contributed by atoms with Gasteiger partial charge < -0.3 is 26.8 Å². The third kappa shape index (κ3) is 7.78. The SMILES string of the molecule is CC(=O)NC(CSC(=O)c1cc(-c2ccc(F)cc2F)ccc1O)C(=O)N=C(N)/N=C(\N)N(C)C. The van der Waals surface area contributed by atoms with Crippen LogP contribution < -0.4 is 16.8 Å². The van der Waals surface area contributed by atoms with Crippen molar-refractivity contribution in [3.05, 3.63) is 53.6 Å². The van der Waals surface area contributed by atoms with Gasteiger partial charge in [-0.1, -0.05) is 17.8 Å². The Morgan fingerprint density at radius 3 is 2.40 bits per heavy atom. The molecule has 1 atom stereocenters. The highest BCUT2D eigenvalue weighted by molar-refractivity contribution is 8.14. The second-order valence-electron chi connectivity index (χ2n) is 7.38. The van der Waals surface area contributed by atoms with Crippen LogP contribution in [0.4, 0.5) is 8.78 Å². The van der Waals surface area contributed by atoms with Gasteiger partial charge >= 0.3 is 0 Å². The van der Waals surface area contributed by atoms with Crippen LogP contribution in [-0.2, 0) is 9.59 Å². The third-order valence-electron chi connectivity index (χ3n) is 4.43. The van der Waals surface area contributed by atoms with Gasteiger partial charge in [0.25, 0.3) is 5.91 Å². The first kappa shape index (κ1) is 27.2. The maximum Gasteiger partial charge on any atom is 0.272 e. The minimum Gasteiger partial charge on any atom is -0.507 e. The number of nitrogens with zero attached hydrogens (tertiary/aromatic N) is 3. The molecule has 6 N–H and O–H groups in total. The van der Waals surface area contributed by atoms with Gasteiger partial charge in [0.15, 0.2) is 5.96 Å². The van der Waals surface area contributed by atoms with Crippen LogP contribution in [0, 0.1) is 11.6 Å². The highest BCUT2D eigenvalue weighted by Gasteiger charge is 2.23. The van der Waals surface area contributed by atoms with E-state index in [2.05, 4.69) is 15.3 Å². The van der Waals surface area contributed by atoms with Crippen molar-refractivity contribution in [2.24, 2.45) is 21.5 Å². The van der Waals surface area contributed by atoms with E-state index in [1.807, 2.05) is 0 Å². The molecular weight excluding hydrogens is 482 g/mol. The van der Waals surface area contributed by atoms with Crippen molar-refractivity contribution >= 4 is 40.6 Å². The van der Waals surface area contributed by atoms with E-state index in [0.717, 1.165) is 6.07 Å². The summed E-state index contributed by atoms with van der Waals surface area (Å²) in [5.41, 5.74) is 11.3. The number of aromatic hydroxyl groups is 1.